The molecule has 6 heteroatoms. The molecule has 0 spiro atoms. The summed E-state index contributed by atoms with van der Waals surface area (Å²) < 4.78 is 26.6. The third-order valence-electron chi connectivity index (χ3n) is 3.97. The number of rotatable bonds is 2. The van der Waals surface area contributed by atoms with Gasteiger partial charge in [-0.15, -0.1) is 0 Å². The van der Waals surface area contributed by atoms with Gasteiger partial charge in [0, 0.05) is 5.56 Å². The molecule has 6 nitrogen and oxygen atoms in total. The highest BCUT2D eigenvalue weighted by atomic mass is 16.6. The average molecular weight is 342 g/mol. The first-order chi connectivity index (χ1) is 12.3. The molecule has 25 heavy (non-hydrogen) atoms. The second-order valence-corrected chi connectivity index (χ2v) is 5.75. The van der Waals surface area contributed by atoms with Gasteiger partial charge in [-0.1, -0.05) is 6.07 Å². The maximum atomic E-state index is 10.4. The van der Waals surface area contributed by atoms with Crippen LogP contribution in [0.2, 0.25) is 0 Å². The topological polar surface area (TPSA) is 66.5 Å². The lowest BCUT2D eigenvalue weighted by atomic mass is 10.1. The monoisotopic (exact) mass is 342 g/mol. The van der Waals surface area contributed by atoms with Crippen molar-refractivity contribution in [1.29, 1.82) is 0 Å². The molecular weight excluding hydrogens is 324 g/mol. The van der Waals surface area contributed by atoms with Crippen molar-refractivity contribution in [2.45, 2.75) is 6.10 Å². The SMILES string of the molecule is O=Cc1ccc2c(c1)OCCO2.c1cc2c(cc1C1CO1)OCCO2. The second-order valence-electron chi connectivity index (χ2n) is 5.75. The summed E-state index contributed by atoms with van der Waals surface area (Å²) in [5.41, 5.74) is 1.79. The van der Waals surface area contributed by atoms with Crippen LogP contribution in [0.25, 0.3) is 0 Å². The van der Waals surface area contributed by atoms with Crippen LogP contribution in [0.15, 0.2) is 36.4 Å². The first-order valence-corrected chi connectivity index (χ1v) is 8.19. The van der Waals surface area contributed by atoms with Gasteiger partial charge in [0.05, 0.1) is 6.61 Å². The molecule has 2 aromatic carbocycles. The van der Waals surface area contributed by atoms with E-state index < -0.39 is 0 Å². The number of hydrogen-bond acceptors (Lipinski definition) is 6. The van der Waals surface area contributed by atoms with Gasteiger partial charge in [-0.3, -0.25) is 4.79 Å². The van der Waals surface area contributed by atoms with Crippen molar-refractivity contribution in [3.63, 3.8) is 0 Å². The normalized spacial score (nSPS) is 19.3. The Morgan fingerprint density at radius 3 is 1.92 bits per heavy atom. The van der Waals surface area contributed by atoms with Gasteiger partial charge in [-0.2, -0.15) is 0 Å². The van der Waals surface area contributed by atoms with Crippen molar-refractivity contribution in [1.82, 2.24) is 0 Å². The van der Waals surface area contributed by atoms with Crippen molar-refractivity contribution in [3.8, 4) is 23.0 Å². The van der Waals surface area contributed by atoms with Gasteiger partial charge < -0.3 is 23.7 Å². The zero-order valence-corrected chi connectivity index (χ0v) is 13.6. The van der Waals surface area contributed by atoms with Crippen molar-refractivity contribution in [2.24, 2.45) is 0 Å². The molecule has 3 aliphatic rings. The number of epoxide rings is 1. The number of carbonyl (C=O) groups is 1. The van der Waals surface area contributed by atoms with Crippen molar-refractivity contribution < 1.29 is 28.5 Å². The zero-order valence-electron chi connectivity index (χ0n) is 13.6. The maximum Gasteiger partial charge on any atom is 0.162 e. The van der Waals surface area contributed by atoms with Crippen LogP contribution in [-0.4, -0.2) is 39.3 Å². The summed E-state index contributed by atoms with van der Waals surface area (Å²) in [5.74, 6) is 3.06. The minimum atomic E-state index is 0.288. The highest BCUT2D eigenvalue weighted by Gasteiger charge is 2.26. The Morgan fingerprint density at radius 1 is 0.760 bits per heavy atom. The van der Waals surface area contributed by atoms with E-state index in [2.05, 4.69) is 0 Å². The maximum absolute atomic E-state index is 10.4. The fourth-order valence-corrected chi connectivity index (χ4v) is 2.63. The molecule has 0 aromatic heterocycles. The zero-order chi connectivity index (χ0) is 17.1. The van der Waals surface area contributed by atoms with E-state index >= 15 is 0 Å². The smallest absolute Gasteiger partial charge is 0.162 e. The van der Waals surface area contributed by atoms with Crippen LogP contribution < -0.4 is 18.9 Å². The van der Waals surface area contributed by atoms with E-state index in [0.29, 0.717) is 43.5 Å². The summed E-state index contributed by atoms with van der Waals surface area (Å²) in [7, 11) is 0. The Kier molecular flexibility index (Phi) is 4.43. The summed E-state index contributed by atoms with van der Waals surface area (Å²) in [6, 6.07) is 11.1. The summed E-state index contributed by atoms with van der Waals surface area (Å²) in [6.07, 6.45) is 1.08. The lowest BCUT2D eigenvalue weighted by Gasteiger charge is -2.18. The van der Waals surface area contributed by atoms with Gasteiger partial charge in [-0.05, 0) is 35.9 Å². The van der Waals surface area contributed by atoms with Crippen LogP contribution in [0, 0.1) is 0 Å². The third-order valence-corrected chi connectivity index (χ3v) is 3.97. The molecule has 130 valence electrons. The van der Waals surface area contributed by atoms with E-state index in [1.165, 1.54) is 5.56 Å². The van der Waals surface area contributed by atoms with Gasteiger partial charge in [0.2, 0.25) is 0 Å². The van der Waals surface area contributed by atoms with E-state index in [4.69, 9.17) is 23.7 Å². The van der Waals surface area contributed by atoms with E-state index in [1.54, 1.807) is 18.2 Å². The standard InChI is InChI=1S/C10H10O3.C9H8O3/c1-2-8-9(12-4-3-11-8)5-7(1)10-6-13-10;10-6-7-1-2-8-9(5-7)12-4-3-11-8/h1-2,5,10H,3-4,6H2;1-2,5-6H,3-4H2. The Hall–Kier alpha value is -2.73. The van der Waals surface area contributed by atoms with Gasteiger partial charge in [0.25, 0.3) is 0 Å². The van der Waals surface area contributed by atoms with E-state index in [1.807, 2.05) is 18.2 Å². The molecule has 1 atom stereocenters. The number of fused-ring (bicyclic) bond motifs is 2. The number of benzene rings is 2. The van der Waals surface area contributed by atoms with Crippen LogP contribution in [0.1, 0.15) is 22.0 Å². The molecule has 3 heterocycles. The molecule has 0 amide bonds. The molecule has 0 N–H and O–H groups in total. The molecule has 0 saturated carbocycles. The number of carbonyl (C=O) groups excluding carboxylic acids is 1. The fourth-order valence-electron chi connectivity index (χ4n) is 2.63. The largest absolute Gasteiger partial charge is 0.486 e. The van der Waals surface area contributed by atoms with Crippen LogP contribution in [0.5, 0.6) is 23.0 Å². The molecule has 0 radical (unpaired) electrons. The number of ether oxygens (including phenoxy) is 5. The highest BCUT2D eigenvalue weighted by Crippen LogP contribution is 2.37. The number of hydrogen-bond donors (Lipinski definition) is 0. The van der Waals surface area contributed by atoms with Gasteiger partial charge in [-0.25, -0.2) is 0 Å². The lowest BCUT2D eigenvalue weighted by molar-refractivity contribution is 0.112. The van der Waals surface area contributed by atoms with Gasteiger partial charge in [0.15, 0.2) is 23.0 Å². The van der Waals surface area contributed by atoms with Crippen LogP contribution >= 0.6 is 0 Å². The van der Waals surface area contributed by atoms with Gasteiger partial charge in [0.1, 0.15) is 38.8 Å². The first-order valence-electron chi connectivity index (χ1n) is 8.19. The first kappa shape index (κ1) is 15.8. The molecule has 5 rings (SSSR count). The Bertz CT molecular complexity index is 769. The average Bonchev–Trinajstić information content (AvgIpc) is 3.53. The number of aldehydes is 1. The molecule has 0 bridgehead atoms. The molecule has 1 saturated heterocycles. The second kappa shape index (κ2) is 7.03. The van der Waals surface area contributed by atoms with E-state index in [-0.39, 0.29) is 6.10 Å². The molecule has 0 aliphatic carbocycles. The van der Waals surface area contributed by atoms with Crippen LogP contribution in [-0.2, 0) is 4.74 Å². The quantitative estimate of drug-likeness (QED) is 0.618. The molecule has 1 unspecified atom stereocenters. The summed E-state index contributed by atoms with van der Waals surface area (Å²) in [6.45, 7) is 3.25. The van der Waals surface area contributed by atoms with Crippen molar-refractivity contribution in [2.75, 3.05) is 33.0 Å². The highest BCUT2D eigenvalue weighted by molar-refractivity contribution is 5.76. The minimum Gasteiger partial charge on any atom is -0.486 e. The lowest BCUT2D eigenvalue weighted by Crippen LogP contribution is -2.15. The summed E-state index contributed by atoms with van der Waals surface area (Å²) in [5, 5.41) is 0. The molecule has 2 aromatic rings. The Morgan fingerprint density at radius 2 is 1.32 bits per heavy atom. The van der Waals surface area contributed by atoms with E-state index in [9.17, 15) is 4.79 Å². The summed E-state index contributed by atoms with van der Waals surface area (Å²) in [4.78, 5) is 10.4. The minimum absolute atomic E-state index is 0.288. The fraction of sp³-hybridized carbons (Fsp3) is 0.316. The third kappa shape index (κ3) is 3.69. The predicted molar refractivity (Wildman–Crippen MR) is 88.9 cm³/mol. The van der Waals surface area contributed by atoms with Crippen LogP contribution in [0.3, 0.4) is 0 Å². The van der Waals surface area contributed by atoms with Crippen molar-refractivity contribution >= 4 is 6.29 Å². The summed E-state index contributed by atoms with van der Waals surface area (Å²) >= 11 is 0. The van der Waals surface area contributed by atoms with Gasteiger partial charge >= 0.3 is 0 Å². The van der Waals surface area contributed by atoms with Crippen LogP contribution in [0.4, 0.5) is 0 Å². The molecular formula is C19H18O6. The molecule has 3 aliphatic heterocycles. The van der Waals surface area contributed by atoms with Crippen molar-refractivity contribution in [3.05, 3.63) is 47.5 Å². The molecule has 1 fully saturated rings. The predicted octanol–water partition coefficient (Wildman–Crippen LogP) is 2.80. The Labute approximate surface area is 145 Å². The Balaban J connectivity index is 0.000000126. The van der Waals surface area contributed by atoms with E-state index in [0.717, 1.165) is 24.4 Å².